The highest BCUT2D eigenvalue weighted by molar-refractivity contribution is 7.89. The maximum atomic E-state index is 12.9. The number of nitrogens with one attached hydrogen (secondary N) is 2. The van der Waals surface area contributed by atoms with Gasteiger partial charge in [-0.2, -0.15) is 0 Å². The van der Waals surface area contributed by atoms with Gasteiger partial charge in [0.25, 0.3) is 0 Å². The summed E-state index contributed by atoms with van der Waals surface area (Å²) in [5.74, 6) is -1.09. The monoisotopic (exact) mass is 408 g/mol. The fourth-order valence-corrected chi connectivity index (χ4v) is 3.32. The van der Waals surface area contributed by atoms with Gasteiger partial charge < -0.3 is 10.1 Å². The largest absolute Gasteiger partial charge is 0.383 e. The van der Waals surface area contributed by atoms with Crippen LogP contribution in [0.1, 0.15) is 23.2 Å². The van der Waals surface area contributed by atoms with Crippen molar-refractivity contribution in [3.8, 4) is 0 Å². The number of hydrogen-bond donors (Lipinski definition) is 2. The van der Waals surface area contributed by atoms with Crippen molar-refractivity contribution < 1.29 is 27.1 Å². The topological polar surface area (TPSA) is 102 Å². The van der Waals surface area contributed by atoms with E-state index in [9.17, 15) is 22.4 Å². The second kappa shape index (κ2) is 10.1. The summed E-state index contributed by atoms with van der Waals surface area (Å²) >= 11 is 0. The first-order chi connectivity index (χ1) is 13.3. The van der Waals surface area contributed by atoms with Crippen LogP contribution in [0.5, 0.6) is 0 Å². The highest BCUT2D eigenvalue weighted by Gasteiger charge is 2.14. The summed E-state index contributed by atoms with van der Waals surface area (Å²) in [6.07, 6.45) is -0.0673. The summed E-state index contributed by atoms with van der Waals surface area (Å²) in [7, 11) is -2.18. The van der Waals surface area contributed by atoms with Crippen molar-refractivity contribution in [1.82, 2.24) is 4.72 Å². The minimum Gasteiger partial charge on any atom is -0.383 e. The SMILES string of the molecule is COCCNS(=O)(=O)c1ccc(NC(=O)CCC(=O)c2ccc(F)cc2)cc1. The number of ether oxygens (including phenoxy) is 1. The van der Waals surface area contributed by atoms with Crippen LogP contribution in [0, 0.1) is 5.82 Å². The van der Waals surface area contributed by atoms with Crippen LogP contribution in [0.15, 0.2) is 53.4 Å². The maximum Gasteiger partial charge on any atom is 0.240 e. The van der Waals surface area contributed by atoms with Crippen LogP contribution in [0.25, 0.3) is 0 Å². The molecule has 0 fully saturated rings. The van der Waals surface area contributed by atoms with Gasteiger partial charge in [0.2, 0.25) is 15.9 Å². The standard InChI is InChI=1S/C19H21FN2O5S/c1-27-13-12-21-28(25,26)17-8-6-16(7-9-17)22-19(24)11-10-18(23)14-2-4-15(20)5-3-14/h2-9,21H,10-13H2,1H3,(H,22,24). The third-order valence-electron chi connectivity index (χ3n) is 3.79. The molecule has 0 unspecified atom stereocenters. The Morgan fingerprint density at radius 2 is 1.64 bits per heavy atom. The molecule has 0 aliphatic heterocycles. The van der Waals surface area contributed by atoms with Gasteiger partial charge in [-0.15, -0.1) is 0 Å². The number of amides is 1. The molecule has 150 valence electrons. The fourth-order valence-electron chi connectivity index (χ4n) is 2.31. The van der Waals surface area contributed by atoms with Gasteiger partial charge in [0.15, 0.2) is 5.78 Å². The summed E-state index contributed by atoms with van der Waals surface area (Å²) < 4.78 is 44.2. The van der Waals surface area contributed by atoms with E-state index in [2.05, 4.69) is 10.0 Å². The van der Waals surface area contributed by atoms with Gasteiger partial charge in [0, 0.05) is 37.7 Å². The van der Waals surface area contributed by atoms with Gasteiger partial charge >= 0.3 is 0 Å². The molecule has 7 nitrogen and oxygen atoms in total. The smallest absolute Gasteiger partial charge is 0.240 e. The second-order valence-corrected chi connectivity index (χ2v) is 7.66. The van der Waals surface area contributed by atoms with Crippen LogP contribution in [0.2, 0.25) is 0 Å². The van der Waals surface area contributed by atoms with Crippen LogP contribution < -0.4 is 10.0 Å². The summed E-state index contributed by atoms with van der Waals surface area (Å²) in [6, 6.07) is 10.8. The van der Waals surface area contributed by atoms with Gasteiger partial charge in [-0.3, -0.25) is 9.59 Å². The van der Waals surface area contributed by atoms with Crippen molar-refractivity contribution in [2.45, 2.75) is 17.7 Å². The van der Waals surface area contributed by atoms with E-state index in [0.717, 1.165) is 0 Å². The Morgan fingerprint density at radius 3 is 2.25 bits per heavy atom. The van der Waals surface area contributed by atoms with E-state index in [1.54, 1.807) is 0 Å². The van der Waals surface area contributed by atoms with Crippen LogP contribution in [0.3, 0.4) is 0 Å². The van der Waals surface area contributed by atoms with Crippen molar-refractivity contribution >= 4 is 27.4 Å². The molecule has 2 aromatic rings. The molecule has 2 aromatic carbocycles. The number of Topliss-reactive ketones (excluding diaryl/α,β-unsaturated/α-hetero) is 1. The lowest BCUT2D eigenvalue weighted by atomic mass is 10.1. The Balaban J connectivity index is 1.86. The molecule has 1 amide bonds. The van der Waals surface area contributed by atoms with Gasteiger partial charge in [-0.1, -0.05) is 0 Å². The highest BCUT2D eigenvalue weighted by atomic mass is 32.2. The van der Waals surface area contributed by atoms with E-state index in [1.807, 2.05) is 0 Å². The molecule has 0 spiro atoms. The van der Waals surface area contributed by atoms with Gasteiger partial charge in [0.05, 0.1) is 11.5 Å². The molecule has 0 aliphatic carbocycles. The van der Waals surface area contributed by atoms with Crippen molar-refractivity contribution in [1.29, 1.82) is 0 Å². The van der Waals surface area contributed by atoms with Crippen molar-refractivity contribution in [2.75, 3.05) is 25.6 Å². The maximum absolute atomic E-state index is 12.9. The highest BCUT2D eigenvalue weighted by Crippen LogP contribution is 2.15. The number of ketones is 1. The quantitative estimate of drug-likeness (QED) is 0.464. The van der Waals surface area contributed by atoms with Gasteiger partial charge in [0.1, 0.15) is 5.82 Å². The van der Waals surface area contributed by atoms with Crippen LogP contribution in [0.4, 0.5) is 10.1 Å². The van der Waals surface area contributed by atoms with E-state index < -0.39 is 15.8 Å². The predicted molar refractivity (Wildman–Crippen MR) is 102 cm³/mol. The third kappa shape index (κ3) is 6.52. The Bertz CT molecular complexity index is 912. The molecule has 2 rings (SSSR count). The zero-order valence-corrected chi connectivity index (χ0v) is 16.1. The third-order valence-corrected chi connectivity index (χ3v) is 5.27. The molecule has 9 heteroatoms. The van der Waals surface area contributed by atoms with Gasteiger partial charge in [-0.25, -0.2) is 17.5 Å². The van der Waals surface area contributed by atoms with E-state index in [0.29, 0.717) is 11.3 Å². The van der Waals surface area contributed by atoms with E-state index in [4.69, 9.17) is 4.74 Å². The minimum absolute atomic E-state index is 0.0205. The number of halogens is 1. The number of anilines is 1. The summed E-state index contributed by atoms with van der Waals surface area (Å²) in [5.41, 5.74) is 0.750. The normalized spacial score (nSPS) is 11.2. The van der Waals surface area contributed by atoms with Gasteiger partial charge in [-0.05, 0) is 48.5 Å². The first-order valence-electron chi connectivity index (χ1n) is 8.49. The first-order valence-corrected chi connectivity index (χ1v) is 9.97. The number of sulfonamides is 1. The van der Waals surface area contributed by atoms with Crippen molar-refractivity contribution in [3.05, 3.63) is 59.9 Å². The minimum atomic E-state index is -3.65. The summed E-state index contributed by atoms with van der Waals surface area (Å²) in [6.45, 7) is 0.406. The molecule has 0 heterocycles. The molecule has 0 aromatic heterocycles. The Labute approximate surface area is 163 Å². The Kier molecular flexibility index (Phi) is 7.80. The number of methoxy groups -OCH3 is 1. The number of hydrogen-bond acceptors (Lipinski definition) is 5. The van der Waals surface area contributed by atoms with Crippen LogP contribution in [-0.4, -0.2) is 40.4 Å². The van der Waals surface area contributed by atoms with E-state index >= 15 is 0 Å². The number of benzene rings is 2. The molecular formula is C19H21FN2O5S. The molecule has 2 N–H and O–H groups in total. The first kappa shape index (κ1) is 21.7. The van der Waals surface area contributed by atoms with Crippen LogP contribution in [-0.2, 0) is 19.6 Å². The molecule has 0 aliphatic rings. The fraction of sp³-hybridized carbons (Fsp3) is 0.263. The van der Waals surface area contributed by atoms with E-state index in [1.165, 1.54) is 55.6 Å². The van der Waals surface area contributed by atoms with Crippen molar-refractivity contribution in [2.24, 2.45) is 0 Å². The zero-order valence-electron chi connectivity index (χ0n) is 15.3. The molecule has 0 saturated carbocycles. The molecular weight excluding hydrogens is 387 g/mol. The average Bonchev–Trinajstić information content (AvgIpc) is 2.67. The summed E-state index contributed by atoms with van der Waals surface area (Å²) in [5, 5.41) is 2.60. The average molecular weight is 408 g/mol. The number of rotatable bonds is 10. The molecule has 0 atom stereocenters. The molecule has 0 radical (unpaired) electrons. The van der Waals surface area contributed by atoms with Crippen molar-refractivity contribution in [3.63, 3.8) is 0 Å². The molecule has 0 bridgehead atoms. The Hall–Kier alpha value is -2.62. The number of carbonyl (C=O) groups is 2. The Morgan fingerprint density at radius 1 is 1.00 bits per heavy atom. The van der Waals surface area contributed by atoms with Crippen LogP contribution >= 0.6 is 0 Å². The summed E-state index contributed by atoms with van der Waals surface area (Å²) in [4.78, 5) is 24.0. The lowest BCUT2D eigenvalue weighted by Gasteiger charge is -2.08. The lowest BCUT2D eigenvalue weighted by molar-refractivity contribution is -0.116. The lowest BCUT2D eigenvalue weighted by Crippen LogP contribution is -2.27. The zero-order chi connectivity index (χ0) is 20.6. The molecule has 28 heavy (non-hydrogen) atoms. The predicted octanol–water partition coefficient (Wildman–Crippen LogP) is 2.35. The van der Waals surface area contributed by atoms with E-state index in [-0.39, 0.29) is 42.6 Å². The second-order valence-electron chi connectivity index (χ2n) is 5.89. The number of carbonyl (C=O) groups excluding carboxylic acids is 2. The molecule has 0 saturated heterocycles.